The van der Waals surface area contributed by atoms with E-state index in [2.05, 4.69) is 5.16 Å². The van der Waals surface area contributed by atoms with Crippen molar-refractivity contribution in [2.45, 2.75) is 44.6 Å². The Balaban J connectivity index is 1.58. The molecule has 26 heavy (non-hydrogen) atoms. The van der Waals surface area contributed by atoms with Crippen LogP contribution in [0.1, 0.15) is 68.1 Å². The van der Waals surface area contributed by atoms with Gasteiger partial charge in [-0.25, -0.2) is 0 Å². The number of aryl methyl sites for hydroxylation is 1. The topological polar surface area (TPSA) is 66.7 Å². The molecule has 2 aromatic heterocycles. The largest absolute Gasteiger partial charge is 0.360 e. The van der Waals surface area contributed by atoms with Crippen molar-refractivity contribution in [2.75, 3.05) is 20.6 Å². The van der Waals surface area contributed by atoms with Crippen molar-refractivity contribution in [1.29, 1.82) is 0 Å². The zero-order valence-electron chi connectivity index (χ0n) is 15.2. The summed E-state index contributed by atoms with van der Waals surface area (Å²) in [7, 11) is 3.50. The van der Waals surface area contributed by atoms with Crippen molar-refractivity contribution in [3.8, 4) is 0 Å². The van der Waals surface area contributed by atoms with Crippen molar-refractivity contribution in [3.63, 3.8) is 0 Å². The molecule has 0 aromatic carbocycles. The number of likely N-dealkylation sites (tertiary alicyclic amines) is 1. The van der Waals surface area contributed by atoms with Gasteiger partial charge in [0.1, 0.15) is 5.76 Å². The molecule has 0 radical (unpaired) electrons. The molecule has 1 aliphatic heterocycles. The van der Waals surface area contributed by atoms with Crippen LogP contribution in [0.25, 0.3) is 0 Å². The van der Waals surface area contributed by atoms with Crippen LogP contribution >= 0.6 is 11.3 Å². The number of amides is 2. The van der Waals surface area contributed by atoms with Crippen molar-refractivity contribution in [1.82, 2.24) is 15.0 Å². The van der Waals surface area contributed by atoms with Gasteiger partial charge in [0, 0.05) is 37.5 Å². The maximum atomic E-state index is 13.1. The molecule has 0 N–H and O–H groups in total. The van der Waals surface area contributed by atoms with E-state index in [1.807, 2.05) is 17.0 Å². The Morgan fingerprint density at radius 3 is 2.85 bits per heavy atom. The molecule has 2 aliphatic rings. The second-order valence-electron chi connectivity index (χ2n) is 7.20. The molecule has 2 amide bonds. The number of aromatic nitrogens is 1. The number of fused-ring (bicyclic) bond motifs is 1. The van der Waals surface area contributed by atoms with Gasteiger partial charge in [0.2, 0.25) is 0 Å². The lowest BCUT2D eigenvalue weighted by Gasteiger charge is -2.23. The number of thiophene rings is 1. The molecule has 6 nitrogen and oxygen atoms in total. The van der Waals surface area contributed by atoms with Crippen molar-refractivity contribution >= 4 is 23.2 Å². The first-order valence-electron chi connectivity index (χ1n) is 9.16. The van der Waals surface area contributed by atoms with Gasteiger partial charge in [-0.05, 0) is 44.2 Å². The molecule has 7 heteroatoms. The number of nitrogens with zero attached hydrogens (tertiary/aromatic N) is 3. The Bertz CT molecular complexity index is 839. The van der Waals surface area contributed by atoms with E-state index in [0.29, 0.717) is 10.6 Å². The zero-order chi connectivity index (χ0) is 18.3. The van der Waals surface area contributed by atoms with Crippen LogP contribution in [0, 0.1) is 0 Å². The quantitative estimate of drug-likeness (QED) is 0.828. The van der Waals surface area contributed by atoms with Gasteiger partial charge >= 0.3 is 0 Å². The van der Waals surface area contributed by atoms with Crippen LogP contribution in [-0.4, -0.2) is 47.4 Å². The van der Waals surface area contributed by atoms with Gasteiger partial charge in [-0.2, -0.15) is 0 Å². The Hall–Kier alpha value is -2.15. The predicted octanol–water partition coefficient (Wildman–Crippen LogP) is 3.29. The molecule has 0 bridgehead atoms. The summed E-state index contributed by atoms with van der Waals surface area (Å²) >= 11 is 1.48. The Kier molecular flexibility index (Phi) is 4.56. The summed E-state index contributed by atoms with van der Waals surface area (Å²) in [5.74, 6) is 0.848. The second-order valence-corrected chi connectivity index (χ2v) is 8.31. The van der Waals surface area contributed by atoms with Crippen LogP contribution in [0.4, 0.5) is 0 Å². The highest BCUT2D eigenvalue weighted by molar-refractivity contribution is 7.14. The monoisotopic (exact) mass is 373 g/mol. The van der Waals surface area contributed by atoms with E-state index in [1.54, 1.807) is 19.0 Å². The summed E-state index contributed by atoms with van der Waals surface area (Å²) in [4.78, 5) is 30.6. The molecule has 1 atom stereocenters. The minimum atomic E-state index is -0.0340. The molecule has 4 rings (SSSR count). The fourth-order valence-corrected chi connectivity index (χ4v) is 5.04. The first-order valence-corrected chi connectivity index (χ1v) is 9.97. The number of hydrogen-bond donors (Lipinski definition) is 0. The van der Waals surface area contributed by atoms with Gasteiger partial charge in [-0.3, -0.25) is 9.59 Å². The predicted molar refractivity (Wildman–Crippen MR) is 98.5 cm³/mol. The van der Waals surface area contributed by atoms with E-state index >= 15 is 0 Å². The third-order valence-corrected chi connectivity index (χ3v) is 6.41. The van der Waals surface area contributed by atoms with Crippen LogP contribution in [0.2, 0.25) is 0 Å². The average molecular weight is 373 g/mol. The van der Waals surface area contributed by atoms with Gasteiger partial charge in [0.15, 0.2) is 5.69 Å². The van der Waals surface area contributed by atoms with Crippen LogP contribution in [0.15, 0.2) is 16.7 Å². The molecular formula is C19H23N3O3S. The highest BCUT2D eigenvalue weighted by atomic mass is 32.1. The first-order chi connectivity index (χ1) is 12.6. The van der Waals surface area contributed by atoms with Crippen molar-refractivity contribution in [3.05, 3.63) is 38.9 Å². The molecule has 0 spiro atoms. The summed E-state index contributed by atoms with van der Waals surface area (Å²) in [5.41, 5.74) is 1.49. The Labute approximate surface area is 156 Å². The molecule has 1 aliphatic carbocycles. The Morgan fingerprint density at radius 2 is 2.04 bits per heavy atom. The number of hydrogen-bond acceptors (Lipinski definition) is 5. The van der Waals surface area contributed by atoms with Crippen LogP contribution in [0.3, 0.4) is 0 Å². The fourth-order valence-electron chi connectivity index (χ4n) is 3.86. The lowest BCUT2D eigenvalue weighted by atomic mass is 9.96. The molecule has 1 saturated heterocycles. The minimum Gasteiger partial charge on any atom is -0.360 e. The number of carbonyl (C=O) groups excluding carboxylic acids is 2. The zero-order valence-corrected chi connectivity index (χ0v) is 16.0. The van der Waals surface area contributed by atoms with Crippen LogP contribution in [-0.2, 0) is 12.8 Å². The summed E-state index contributed by atoms with van der Waals surface area (Å²) in [6.07, 6.45) is 5.81. The fraction of sp³-hybridized carbons (Fsp3) is 0.526. The molecule has 1 unspecified atom stereocenters. The third-order valence-electron chi connectivity index (χ3n) is 5.24. The van der Waals surface area contributed by atoms with Gasteiger partial charge in [-0.15, -0.1) is 11.3 Å². The summed E-state index contributed by atoms with van der Waals surface area (Å²) < 4.78 is 5.43. The summed E-state index contributed by atoms with van der Waals surface area (Å²) in [5, 5.41) is 4.10. The smallest absolute Gasteiger partial charge is 0.276 e. The maximum Gasteiger partial charge on any atom is 0.276 e. The van der Waals surface area contributed by atoms with Crippen molar-refractivity contribution < 1.29 is 14.1 Å². The third kappa shape index (κ3) is 2.94. The van der Waals surface area contributed by atoms with E-state index in [9.17, 15) is 9.59 Å². The van der Waals surface area contributed by atoms with E-state index < -0.39 is 0 Å². The van der Waals surface area contributed by atoms with Gasteiger partial charge in [0.25, 0.3) is 11.8 Å². The van der Waals surface area contributed by atoms with Crippen LogP contribution in [0.5, 0.6) is 0 Å². The van der Waals surface area contributed by atoms with E-state index in [-0.39, 0.29) is 17.9 Å². The van der Waals surface area contributed by atoms with Crippen LogP contribution < -0.4 is 0 Å². The van der Waals surface area contributed by atoms with E-state index in [4.69, 9.17) is 4.52 Å². The van der Waals surface area contributed by atoms with Gasteiger partial charge < -0.3 is 14.3 Å². The SMILES string of the molecule is CN(C)C(=O)c1ccc(C2CCCN2C(=O)c2noc3c2CCCC3)s1. The minimum absolute atomic E-state index is 0.00249. The van der Waals surface area contributed by atoms with E-state index in [1.165, 1.54) is 11.3 Å². The molecule has 0 saturated carbocycles. The highest BCUT2D eigenvalue weighted by Crippen LogP contribution is 2.38. The molecule has 1 fully saturated rings. The lowest BCUT2D eigenvalue weighted by molar-refractivity contribution is 0.0726. The molecular weight excluding hydrogens is 350 g/mol. The first kappa shape index (κ1) is 17.3. The normalized spacial score (nSPS) is 19.5. The molecule has 3 heterocycles. The maximum absolute atomic E-state index is 13.1. The van der Waals surface area contributed by atoms with Gasteiger partial charge in [-0.1, -0.05) is 5.16 Å². The van der Waals surface area contributed by atoms with Gasteiger partial charge in [0.05, 0.1) is 10.9 Å². The highest BCUT2D eigenvalue weighted by Gasteiger charge is 2.35. The summed E-state index contributed by atoms with van der Waals surface area (Å²) in [6, 6.07) is 3.86. The summed E-state index contributed by atoms with van der Waals surface area (Å²) in [6.45, 7) is 0.722. The number of rotatable bonds is 3. The number of carbonyl (C=O) groups is 2. The van der Waals surface area contributed by atoms with Crippen molar-refractivity contribution in [2.24, 2.45) is 0 Å². The average Bonchev–Trinajstić information content (AvgIpc) is 3.38. The standard InChI is InChI=1S/C19H23N3O3S/c1-21(2)18(23)16-10-9-15(26-16)13-7-5-11-22(13)19(24)17-12-6-3-4-8-14(12)25-20-17/h9-10,13H,3-8,11H2,1-2H3. The Morgan fingerprint density at radius 1 is 1.23 bits per heavy atom. The molecule has 138 valence electrons. The van der Waals surface area contributed by atoms with E-state index in [0.717, 1.165) is 61.3 Å². The molecule has 2 aromatic rings. The lowest BCUT2D eigenvalue weighted by Crippen LogP contribution is -2.31. The second kappa shape index (κ2) is 6.87.